The van der Waals surface area contributed by atoms with Crippen molar-refractivity contribution in [3.63, 3.8) is 0 Å². The second-order valence-electron chi connectivity index (χ2n) is 2.83. The van der Waals surface area contributed by atoms with Crippen molar-refractivity contribution in [2.45, 2.75) is 20.0 Å². The highest BCUT2D eigenvalue weighted by molar-refractivity contribution is 5.99. The number of Topliss-reactive ketones (excluding diaryl/α,β-unsaturated/α-hetero) is 1. The predicted octanol–water partition coefficient (Wildman–Crippen LogP) is 2.29. The summed E-state index contributed by atoms with van der Waals surface area (Å²) < 4.78 is 5.21. The highest BCUT2D eigenvalue weighted by Gasteiger charge is 2.13. The quantitative estimate of drug-likeness (QED) is 0.661. The Kier molecular flexibility index (Phi) is 3.65. The molecule has 0 spiro atoms. The normalized spacial score (nSPS) is 12.5. The first-order valence-electron chi connectivity index (χ1n) is 4.46. The molecule has 0 N–H and O–H groups in total. The Labute approximate surface area is 78.5 Å². The Morgan fingerprint density at radius 1 is 1.38 bits per heavy atom. The first kappa shape index (κ1) is 9.93. The lowest BCUT2D eigenvalue weighted by atomic mass is 10.1. The summed E-state index contributed by atoms with van der Waals surface area (Å²) in [5, 5.41) is 0. The molecule has 0 aliphatic carbocycles. The van der Waals surface area contributed by atoms with E-state index in [1.165, 1.54) is 0 Å². The molecule has 0 aromatic heterocycles. The van der Waals surface area contributed by atoms with Crippen molar-refractivity contribution in [3.05, 3.63) is 35.9 Å². The van der Waals surface area contributed by atoms with E-state index in [4.69, 9.17) is 4.74 Å². The van der Waals surface area contributed by atoms with Gasteiger partial charge in [0, 0.05) is 12.2 Å². The second kappa shape index (κ2) is 4.77. The van der Waals surface area contributed by atoms with E-state index in [1.54, 1.807) is 19.1 Å². The van der Waals surface area contributed by atoms with Gasteiger partial charge in [-0.15, -0.1) is 0 Å². The lowest BCUT2D eigenvalue weighted by molar-refractivity contribution is 0.0520. The molecule has 1 aromatic rings. The summed E-state index contributed by atoms with van der Waals surface area (Å²) in [6, 6.07) is 9.20. The molecule has 0 fully saturated rings. The zero-order chi connectivity index (χ0) is 9.68. The molecule has 70 valence electrons. The fourth-order valence-electron chi connectivity index (χ4n) is 1.16. The van der Waals surface area contributed by atoms with Crippen molar-refractivity contribution in [3.8, 4) is 0 Å². The van der Waals surface area contributed by atoms with Crippen LogP contribution in [0.5, 0.6) is 0 Å². The summed E-state index contributed by atoms with van der Waals surface area (Å²) in [5.41, 5.74) is 0.712. The summed E-state index contributed by atoms with van der Waals surface area (Å²) in [6.07, 6.45) is -0.340. The fraction of sp³-hybridized carbons (Fsp3) is 0.364. The number of ether oxygens (including phenoxy) is 1. The van der Waals surface area contributed by atoms with Crippen LogP contribution in [0.4, 0.5) is 0 Å². The van der Waals surface area contributed by atoms with Crippen molar-refractivity contribution < 1.29 is 9.53 Å². The molecule has 0 bridgehead atoms. The van der Waals surface area contributed by atoms with E-state index < -0.39 is 0 Å². The van der Waals surface area contributed by atoms with Gasteiger partial charge in [0.2, 0.25) is 0 Å². The monoisotopic (exact) mass is 178 g/mol. The third-order valence-corrected chi connectivity index (χ3v) is 1.84. The van der Waals surface area contributed by atoms with E-state index in [-0.39, 0.29) is 11.9 Å². The van der Waals surface area contributed by atoms with Crippen molar-refractivity contribution in [1.29, 1.82) is 0 Å². The fourth-order valence-corrected chi connectivity index (χ4v) is 1.16. The van der Waals surface area contributed by atoms with Gasteiger partial charge >= 0.3 is 0 Å². The number of ketones is 1. The van der Waals surface area contributed by atoms with Crippen molar-refractivity contribution >= 4 is 5.78 Å². The molecule has 0 saturated carbocycles. The molecule has 0 amide bonds. The average Bonchev–Trinajstić information content (AvgIpc) is 2.18. The van der Waals surface area contributed by atoms with E-state index in [2.05, 4.69) is 0 Å². The molecule has 0 radical (unpaired) electrons. The summed E-state index contributed by atoms with van der Waals surface area (Å²) in [6.45, 7) is 4.23. The number of carbonyl (C=O) groups is 1. The minimum absolute atomic E-state index is 0.0439. The molecule has 0 unspecified atom stereocenters. The van der Waals surface area contributed by atoms with Crippen molar-refractivity contribution in [2.75, 3.05) is 6.61 Å². The molecule has 0 heterocycles. The molecule has 0 aliphatic heterocycles. The maximum absolute atomic E-state index is 11.6. The van der Waals surface area contributed by atoms with Crippen LogP contribution in [0.2, 0.25) is 0 Å². The summed E-state index contributed by atoms with van der Waals surface area (Å²) >= 11 is 0. The molecule has 1 atom stereocenters. The van der Waals surface area contributed by atoms with Crippen LogP contribution in [0.1, 0.15) is 24.2 Å². The van der Waals surface area contributed by atoms with E-state index in [0.29, 0.717) is 12.2 Å². The first-order chi connectivity index (χ1) is 6.25. The molecule has 0 saturated heterocycles. The molecule has 1 rings (SSSR count). The van der Waals surface area contributed by atoms with Crippen LogP contribution in [0, 0.1) is 0 Å². The summed E-state index contributed by atoms with van der Waals surface area (Å²) in [7, 11) is 0. The maximum atomic E-state index is 11.6. The van der Waals surface area contributed by atoms with Crippen molar-refractivity contribution in [1.82, 2.24) is 0 Å². The number of carbonyl (C=O) groups excluding carboxylic acids is 1. The Bertz CT molecular complexity index is 267. The third-order valence-electron chi connectivity index (χ3n) is 1.84. The average molecular weight is 178 g/mol. The molecule has 13 heavy (non-hydrogen) atoms. The van der Waals surface area contributed by atoms with Crippen LogP contribution in [0.3, 0.4) is 0 Å². The van der Waals surface area contributed by atoms with Crippen LogP contribution in [-0.2, 0) is 4.74 Å². The van der Waals surface area contributed by atoms with Gasteiger partial charge in [0.25, 0.3) is 0 Å². The summed E-state index contributed by atoms with van der Waals surface area (Å²) in [5.74, 6) is 0.0439. The van der Waals surface area contributed by atoms with Crippen LogP contribution < -0.4 is 0 Å². The molecule has 2 nitrogen and oxygen atoms in total. The van der Waals surface area contributed by atoms with E-state index in [1.807, 2.05) is 25.1 Å². The Hall–Kier alpha value is -1.15. The van der Waals surface area contributed by atoms with Gasteiger partial charge in [-0.05, 0) is 13.8 Å². The highest BCUT2D eigenvalue weighted by atomic mass is 16.5. The zero-order valence-corrected chi connectivity index (χ0v) is 7.99. The highest BCUT2D eigenvalue weighted by Crippen LogP contribution is 2.05. The van der Waals surface area contributed by atoms with Gasteiger partial charge in [-0.3, -0.25) is 4.79 Å². The minimum atomic E-state index is -0.340. The molecular formula is C11H14O2. The standard InChI is InChI=1S/C11H14O2/c1-3-13-9(2)11(12)10-7-5-4-6-8-10/h4-9H,3H2,1-2H3/t9-/m0/s1. The van der Waals surface area contributed by atoms with Gasteiger partial charge in [-0.1, -0.05) is 30.3 Å². The minimum Gasteiger partial charge on any atom is -0.371 e. The number of hydrogen-bond donors (Lipinski definition) is 0. The van der Waals surface area contributed by atoms with Gasteiger partial charge in [-0.2, -0.15) is 0 Å². The van der Waals surface area contributed by atoms with Gasteiger partial charge < -0.3 is 4.74 Å². The molecule has 0 aliphatic rings. The van der Waals surface area contributed by atoms with Crippen LogP contribution in [0.25, 0.3) is 0 Å². The lowest BCUT2D eigenvalue weighted by Gasteiger charge is -2.09. The van der Waals surface area contributed by atoms with E-state index in [9.17, 15) is 4.79 Å². The molecule has 1 aromatic carbocycles. The van der Waals surface area contributed by atoms with Crippen LogP contribution >= 0.6 is 0 Å². The maximum Gasteiger partial charge on any atom is 0.191 e. The Balaban J connectivity index is 2.68. The lowest BCUT2D eigenvalue weighted by Crippen LogP contribution is -2.20. The Morgan fingerprint density at radius 2 is 2.00 bits per heavy atom. The smallest absolute Gasteiger partial charge is 0.191 e. The predicted molar refractivity (Wildman–Crippen MR) is 51.9 cm³/mol. The zero-order valence-electron chi connectivity index (χ0n) is 7.99. The number of rotatable bonds is 4. The van der Waals surface area contributed by atoms with Gasteiger partial charge in [0.1, 0.15) is 6.10 Å². The SMILES string of the molecule is CCO[C@@H](C)C(=O)c1ccccc1. The molecule has 2 heteroatoms. The number of hydrogen-bond acceptors (Lipinski definition) is 2. The van der Waals surface area contributed by atoms with Gasteiger partial charge in [-0.25, -0.2) is 0 Å². The van der Waals surface area contributed by atoms with Gasteiger partial charge in [0.05, 0.1) is 0 Å². The summed E-state index contributed by atoms with van der Waals surface area (Å²) in [4.78, 5) is 11.6. The van der Waals surface area contributed by atoms with E-state index >= 15 is 0 Å². The molecular weight excluding hydrogens is 164 g/mol. The Morgan fingerprint density at radius 3 is 2.54 bits per heavy atom. The second-order valence-corrected chi connectivity index (χ2v) is 2.83. The van der Waals surface area contributed by atoms with E-state index in [0.717, 1.165) is 0 Å². The largest absolute Gasteiger partial charge is 0.371 e. The topological polar surface area (TPSA) is 26.3 Å². The third kappa shape index (κ3) is 2.67. The van der Waals surface area contributed by atoms with Gasteiger partial charge in [0.15, 0.2) is 5.78 Å². The first-order valence-corrected chi connectivity index (χ1v) is 4.46. The van der Waals surface area contributed by atoms with Crippen LogP contribution in [0.15, 0.2) is 30.3 Å². The van der Waals surface area contributed by atoms with Crippen LogP contribution in [-0.4, -0.2) is 18.5 Å². The number of benzene rings is 1. The van der Waals surface area contributed by atoms with Crippen molar-refractivity contribution in [2.24, 2.45) is 0 Å².